The normalized spacial score (nSPS) is 30.3. The lowest BCUT2D eigenvalue weighted by molar-refractivity contribution is 0.0511. The molecule has 102 valence electrons. The molecule has 1 aromatic rings. The highest BCUT2D eigenvalue weighted by Gasteiger charge is 2.49. The summed E-state index contributed by atoms with van der Waals surface area (Å²) in [6.45, 7) is 2.69. The third-order valence-electron chi connectivity index (χ3n) is 4.00. The van der Waals surface area contributed by atoms with E-state index in [1.807, 2.05) is 6.92 Å². The van der Waals surface area contributed by atoms with E-state index in [-0.39, 0.29) is 29.0 Å². The van der Waals surface area contributed by atoms with Crippen molar-refractivity contribution in [2.75, 3.05) is 6.61 Å². The largest absolute Gasteiger partial charge is 0.505 e. The molecule has 0 radical (unpaired) electrons. The van der Waals surface area contributed by atoms with Gasteiger partial charge < -0.3 is 15.2 Å². The van der Waals surface area contributed by atoms with Crippen LogP contribution in [0.2, 0.25) is 0 Å². The van der Waals surface area contributed by atoms with Gasteiger partial charge in [0.25, 0.3) is 5.91 Å². The minimum Gasteiger partial charge on any atom is -0.505 e. The van der Waals surface area contributed by atoms with Gasteiger partial charge in [0.2, 0.25) is 0 Å². The molecule has 0 bridgehead atoms. The maximum Gasteiger partial charge on any atom is 0.274 e. The van der Waals surface area contributed by atoms with Gasteiger partial charge in [0.05, 0.1) is 11.6 Å². The molecule has 1 aliphatic carbocycles. The van der Waals surface area contributed by atoms with Gasteiger partial charge in [0.1, 0.15) is 5.75 Å². The van der Waals surface area contributed by atoms with Crippen molar-refractivity contribution >= 4 is 5.91 Å². The summed E-state index contributed by atoms with van der Waals surface area (Å²) < 4.78 is 5.76. The van der Waals surface area contributed by atoms with Crippen LogP contribution in [0, 0.1) is 5.92 Å². The fraction of sp³-hybridized carbons (Fsp3) is 0.571. The van der Waals surface area contributed by atoms with Crippen LogP contribution in [0.5, 0.6) is 5.75 Å². The van der Waals surface area contributed by atoms with Crippen LogP contribution in [0.4, 0.5) is 0 Å². The second-order valence-corrected chi connectivity index (χ2v) is 5.62. The molecule has 2 heterocycles. The Morgan fingerprint density at radius 3 is 3.05 bits per heavy atom. The summed E-state index contributed by atoms with van der Waals surface area (Å²) in [4.78, 5) is 16.2. The van der Waals surface area contributed by atoms with Crippen molar-refractivity contribution < 1.29 is 14.6 Å². The molecule has 0 aromatic carbocycles. The summed E-state index contributed by atoms with van der Waals surface area (Å²) in [7, 11) is 0. The van der Waals surface area contributed by atoms with Crippen LogP contribution >= 0.6 is 0 Å². The monoisotopic (exact) mass is 262 g/mol. The average molecular weight is 262 g/mol. The number of carbonyl (C=O) groups excluding carboxylic acids is 1. The Morgan fingerprint density at radius 1 is 1.58 bits per heavy atom. The molecule has 1 aliphatic heterocycles. The van der Waals surface area contributed by atoms with Gasteiger partial charge in [-0.2, -0.15) is 0 Å². The van der Waals surface area contributed by atoms with Gasteiger partial charge in [0.15, 0.2) is 5.69 Å². The number of hydrogen-bond acceptors (Lipinski definition) is 4. The minimum absolute atomic E-state index is 0.0742. The molecule has 3 rings (SSSR count). The first-order valence-corrected chi connectivity index (χ1v) is 6.68. The molecule has 2 N–H and O–H groups in total. The van der Waals surface area contributed by atoms with Gasteiger partial charge in [-0.1, -0.05) is 0 Å². The number of amides is 1. The number of nitrogens with one attached hydrogen (secondary N) is 1. The second kappa shape index (κ2) is 4.49. The molecule has 5 heteroatoms. The Kier molecular flexibility index (Phi) is 2.93. The van der Waals surface area contributed by atoms with E-state index in [0.29, 0.717) is 12.5 Å². The van der Waals surface area contributed by atoms with Crippen molar-refractivity contribution in [3.63, 3.8) is 0 Å². The van der Waals surface area contributed by atoms with Gasteiger partial charge >= 0.3 is 0 Å². The molecule has 1 saturated carbocycles. The van der Waals surface area contributed by atoms with Crippen LogP contribution in [0.25, 0.3) is 0 Å². The Labute approximate surface area is 112 Å². The molecule has 2 unspecified atom stereocenters. The van der Waals surface area contributed by atoms with E-state index >= 15 is 0 Å². The predicted molar refractivity (Wildman–Crippen MR) is 68.9 cm³/mol. The van der Waals surface area contributed by atoms with Crippen LogP contribution in [0.1, 0.15) is 36.7 Å². The highest BCUT2D eigenvalue weighted by molar-refractivity contribution is 5.95. The number of hydrogen-bond donors (Lipinski definition) is 2. The Balaban J connectivity index is 1.77. The van der Waals surface area contributed by atoms with Crippen LogP contribution < -0.4 is 5.32 Å². The fourth-order valence-electron chi connectivity index (χ4n) is 2.80. The van der Waals surface area contributed by atoms with E-state index in [9.17, 15) is 9.90 Å². The minimum atomic E-state index is -0.359. The lowest BCUT2D eigenvalue weighted by atomic mass is 9.90. The zero-order valence-corrected chi connectivity index (χ0v) is 10.9. The molecule has 1 saturated heterocycles. The topological polar surface area (TPSA) is 71.5 Å². The molecule has 5 nitrogen and oxygen atoms in total. The number of aromatic nitrogens is 1. The number of ether oxygens (including phenoxy) is 1. The van der Waals surface area contributed by atoms with Crippen molar-refractivity contribution in [1.82, 2.24) is 10.3 Å². The van der Waals surface area contributed by atoms with E-state index in [0.717, 1.165) is 6.42 Å². The number of nitrogens with zero attached hydrogens (tertiary/aromatic N) is 1. The van der Waals surface area contributed by atoms with Crippen molar-refractivity contribution in [2.24, 2.45) is 5.92 Å². The fourth-order valence-corrected chi connectivity index (χ4v) is 2.80. The smallest absolute Gasteiger partial charge is 0.274 e. The molecule has 1 amide bonds. The third-order valence-corrected chi connectivity index (χ3v) is 4.00. The number of carbonyl (C=O) groups is 1. The molecule has 2 fully saturated rings. The summed E-state index contributed by atoms with van der Waals surface area (Å²) in [5.74, 6) is 0.132. The zero-order valence-electron chi connectivity index (χ0n) is 10.9. The predicted octanol–water partition coefficient (Wildman–Crippen LogP) is 1.47. The van der Waals surface area contributed by atoms with Gasteiger partial charge in [0, 0.05) is 12.8 Å². The summed E-state index contributed by atoms with van der Waals surface area (Å²) in [5.41, 5.74) is -0.285. The quantitative estimate of drug-likeness (QED) is 0.865. The van der Waals surface area contributed by atoms with Crippen molar-refractivity contribution in [3.05, 3.63) is 24.0 Å². The van der Waals surface area contributed by atoms with Crippen molar-refractivity contribution in [3.8, 4) is 5.75 Å². The summed E-state index contributed by atoms with van der Waals surface area (Å²) in [5, 5.41) is 12.7. The van der Waals surface area contributed by atoms with Gasteiger partial charge in [-0.15, -0.1) is 0 Å². The summed E-state index contributed by atoms with van der Waals surface area (Å²) in [6.07, 6.45) is 4.73. The van der Waals surface area contributed by atoms with E-state index in [4.69, 9.17) is 4.74 Å². The van der Waals surface area contributed by atoms with Crippen LogP contribution in [-0.2, 0) is 4.74 Å². The first-order chi connectivity index (χ1) is 9.10. The Morgan fingerprint density at radius 2 is 2.37 bits per heavy atom. The van der Waals surface area contributed by atoms with Crippen LogP contribution in [0.15, 0.2) is 18.3 Å². The molecule has 2 aliphatic rings. The number of pyridine rings is 1. The SMILES string of the molecule is CC1(NC(=O)c2ncccc2O)CCOC1C1CC1. The Bertz CT molecular complexity index is 501. The number of rotatable bonds is 3. The maximum atomic E-state index is 12.2. The first kappa shape index (κ1) is 12.4. The van der Waals surface area contributed by atoms with Gasteiger partial charge in [-0.25, -0.2) is 4.98 Å². The molecular formula is C14H18N2O3. The second-order valence-electron chi connectivity index (χ2n) is 5.62. The molecule has 0 spiro atoms. The van der Waals surface area contributed by atoms with E-state index < -0.39 is 0 Å². The zero-order chi connectivity index (χ0) is 13.5. The molecular weight excluding hydrogens is 244 g/mol. The van der Waals surface area contributed by atoms with E-state index in [2.05, 4.69) is 10.3 Å². The first-order valence-electron chi connectivity index (χ1n) is 6.68. The van der Waals surface area contributed by atoms with E-state index in [1.165, 1.54) is 25.1 Å². The van der Waals surface area contributed by atoms with Gasteiger partial charge in [-0.05, 0) is 44.2 Å². The molecule has 1 aromatic heterocycles. The van der Waals surface area contributed by atoms with Crippen LogP contribution in [0.3, 0.4) is 0 Å². The van der Waals surface area contributed by atoms with E-state index in [1.54, 1.807) is 6.07 Å². The third kappa shape index (κ3) is 2.30. The lowest BCUT2D eigenvalue weighted by Gasteiger charge is -2.31. The maximum absolute atomic E-state index is 12.2. The highest BCUT2D eigenvalue weighted by Crippen LogP contribution is 2.43. The standard InChI is InChI=1S/C14H18N2O3/c1-14(6-8-19-12(14)9-4-5-9)16-13(18)11-10(17)3-2-7-15-11/h2-3,7,9,12,17H,4-6,8H2,1H3,(H,16,18). The van der Waals surface area contributed by atoms with Crippen molar-refractivity contribution in [1.29, 1.82) is 0 Å². The average Bonchev–Trinajstić information content (AvgIpc) is 3.14. The van der Waals surface area contributed by atoms with Crippen molar-refractivity contribution in [2.45, 2.75) is 37.8 Å². The van der Waals surface area contributed by atoms with Crippen LogP contribution in [-0.4, -0.2) is 34.2 Å². The molecule has 2 atom stereocenters. The lowest BCUT2D eigenvalue weighted by Crippen LogP contribution is -2.52. The number of aromatic hydroxyl groups is 1. The summed E-state index contributed by atoms with van der Waals surface area (Å²) in [6, 6.07) is 3.06. The molecule has 19 heavy (non-hydrogen) atoms. The Hall–Kier alpha value is -1.62. The summed E-state index contributed by atoms with van der Waals surface area (Å²) >= 11 is 0. The highest BCUT2D eigenvalue weighted by atomic mass is 16.5. The van der Waals surface area contributed by atoms with Gasteiger partial charge in [-0.3, -0.25) is 4.79 Å².